The Hall–Kier alpha value is -1.41. The Morgan fingerprint density at radius 1 is 1.22 bits per heavy atom. The SMILES string of the molecule is COc1cc(C)c(C)cc1S(=O)(=O)NC[C@@H](O)c1sccc1C. The molecule has 1 aromatic carbocycles. The van der Waals surface area contributed by atoms with Crippen LogP contribution in [0.15, 0.2) is 28.5 Å². The molecule has 23 heavy (non-hydrogen) atoms. The molecule has 0 aliphatic carbocycles. The van der Waals surface area contributed by atoms with Crippen LogP contribution in [0.1, 0.15) is 27.7 Å². The van der Waals surface area contributed by atoms with Crippen molar-refractivity contribution in [3.8, 4) is 5.75 Å². The highest BCUT2D eigenvalue weighted by molar-refractivity contribution is 7.89. The number of benzene rings is 1. The smallest absolute Gasteiger partial charge is 0.244 e. The monoisotopic (exact) mass is 355 g/mol. The Bertz CT molecular complexity index is 796. The molecule has 0 radical (unpaired) electrons. The Morgan fingerprint density at radius 3 is 2.43 bits per heavy atom. The van der Waals surface area contributed by atoms with Gasteiger partial charge in [-0.3, -0.25) is 0 Å². The molecule has 2 aromatic rings. The number of nitrogens with one attached hydrogen (secondary N) is 1. The number of methoxy groups -OCH3 is 1. The van der Waals surface area contributed by atoms with Crippen molar-refractivity contribution >= 4 is 21.4 Å². The van der Waals surface area contributed by atoms with Crippen LogP contribution in [0.4, 0.5) is 0 Å². The number of hydrogen-bond donors (Lipinski definition) is 2. The molecule has 1 atom stereocenters. The average molecular weight is 355 g/mol. The zero-order valence-corrected chi connectivity index (χ0v) is 15.2. The summed E-state index contributed by atoms with van der Waals surface area (Å²) in [6.07, 6.45) is -0.873. The molecule has 0 amide bonds. The first-order chi connectivity index (χ1) is 10.8. The molecule has 0 saturated heterocycles. The quantitative estimate of drug-likeness (QED) is 0.835. The highest BCUT2D eigenvalue weighted by atomic mass is 32.2. The molecule has 0 spiro atoms. The summed E-state index contributed by atoms with van der Waals surface area (Å²) < 4.78 is 32.7. The van der Waals surface area contributed by atoms with Crippen LogP contribution in [0.3, 0.4) is 0 Å². The summed E-state index contributed by atoms with van der Waals surface area (Å²) in [6, 6.07) is 5.17. The fraction of sp³-hybridized carbons (Fsp3) is 0.375. The lowest BCUT2D eigenvalue weighted by Crippen LogP contribution is -2.29. The van der Waals surface area contributed by atoms with E-state index in [1.807, 2.05) is 32.2 Å². The van der Waals surface area contributed by atoms with E-state index in [1.165, 1.54) is 18.4 Å². The first kappa shape index (κ1) is 17.9. The molecule has 2 N–H and O–H groups in total. The third kappa shape index (κ3) is 3.92. The van der Waals surface area contributed by atoms with Crippen LogP contribution in [-0.2, 0) is 10.0 Å². The van der Waals surface area contributed by atoms with Gasteiger partial charge in [-0.05, 0) is 61.0 Å². The summed E-state index contributed by atoms with van der Waals surface area (Å²) in [6.45, 7) is 5.54. The zero-order chi connectivity index (χ0) is 17.2. The number of rotatable bonds is 6. The number of sulfonamides is 1. The first-order valence-electron chi connectivity index (χ1n) is 7.13. The maximum Gasteiger partial charge on any atom is 0.244 e. The molecule has 0 fully saturated rings. The minimum atomic E-state index is -3.77. The lowest BCUT2D eigenvalue weighted by Gasteiger charge is -2.15. The Labute approximate surface area is 141 Å². The maximum absolute atomic E-state index is 12.5. The standard InChI is InChI=1S/C16H21NO4S2/c1-10-5-6-22-16(10)13(18)9-17-23(19,20)15-8-12(3)11(2)7-14(15)21-4/h5-8,13,17-18H,9H2,1-4H3/t13-/m1/s1. The second-order valence-corrected chi connectivity index (χ2v) is 8.11. The molecular weight excluding hydrogens is 334 g/mol. The van der Waals surface area contributed by atoms with Gasteiger partial charge in [0, 0.05) is 11.4 Å². The van der Waals surface area contributed by atoms with E-state index in [0.29, 0.717) is 5.75 Å². The summed E-state index contributed by atoms with van der Waals surface area (Å²) in [5.74, 6) is 0.294. The Morgan fingerprint density at radius 2 is 1.87 bits per heavy atom. The van der Waals surface area contributed by atoms with Crippen LogP contribution in [-0.4, -0.2) is 27.2 Å². The Kier molecular flexibility index (Phi) is 5.46. The van der Waals surface area contributed by atoms with Crippen molar-refractivity contribution in [1.29, 1.82) is 0 Å². The van der Waals surface area contributed by atoms with E-state index in [0.717, 1.165) is 21.6 Å². The van der Waals surface area contributed by atoms with Gasteiger partial charge in [-0.2, -0.15) is 0 Å². The second kappa shape index (κ2) is 7.00. The van der Waals surface area contributed by atoms with Crippen LogP contribution >= 0.6 is 11.3 Å². The number of aliphatic hydroxyl groups excluding tert-OH is 1. The van der Waals surface area contributed by atoms with Crippen molar-refractivity contribution in [1.82, 2.24) is 4.72 Å². The molecule has 1 aromatic heterocycles. The topological polar surface area (TPSA) is 75.6 Å². The fourth-order valence-electron chi connectivity index (χ4n) is 2.22. The van der Waals surface area contributed by atoms with Crippen molar-refractivity contribution in [2.24, 2.45) is 0 Å². The number of aliphatic hydroxyl groups is 1. The van der Waals surface area contributed by atoms with E-state index in [-0.39, 0.29) is 11.4 Å². The number of thiophene rings is 1. The average Bonchev–Trinajstić information content (AvgIpc) is 2.93. The van der Waals surface area contributed by atoms with Gasteiger partial charge in [-0.15, -0.1) is 11.3 Å². The lowest BCUT2D eigenvalue weighted by atomic mass is 10.1. The van der Waals surface area contributed by atoms with Crippen molar-refractivity contribution in [3.63, 3.8) is 0 Å². The molecule has 0 saturated carbocycles. The van der Waals surface area contributed by atoms with Gasteiger partial charge < -0.3 is 9.84 Å². The highest BCUT2D eigenvalue weighted by Gasteiger charge is 2.22. The summed E-state index contributed by atoms with van der Waals surface area (Å²) >= 11 is 1.41. The van der Waals surface area contributed by atoms with Gasteiger partial charge in [-0.1, -0.05) is 0 Å². The van der Waals surface area contributed by atoms with E-state index in [9.17, 15) is 13.5 Å². The molecule has 7 heteroatoms. The highest BCUT2D eigenvalue weighted by Crippen LogP contribution is 2.28. The third-order valence-corrected chi connectivity index (χ3v) is 6.31. The molecule has 0 aliphatic rings. The molecule has 5 nitrogen and oxygen atoms in total. The first-order valence-corrected chi connectivity index (χ1v) is 9.49. The summed E-state index contributed by atoms with van der Waals surface area (Å²) in [4.78, 5) is 0.845. The molecule has 0 unspecified atom stereocenters. The zero-order valence-electron chi connectivity index (χ0n) is 13.6. The van der Waals surface area contributed by atoms with Crippen LogP contribution < -0.4 is 9.46 Å². The maximum atomic E-state index is 12.5. The van der Waals surface area contributed by atoms with Crippen LogP contribution in [0.25, 0.3) is 0 Å². The van der Waals surface area contributed by atoms with Gasteiger partial charge >= 0.3 is 0 Å². The molecule has 1 heterocycles. The van der Waals surface area contributed by atoms with Crippen molar-refractivity contribution < 1.29 is 18.3 Å². The van der Waals surface area contributed by atoms with Crippen LogP contribution in [0, 0.1) is 20.8 Å². The fourth-order valence-corrected chi connectivity index (χ4v) is 4.40. The van der Waals surface area contributed by atoms with Crippen molar-refractivity contribution in [3.05, 3.63) is 45.1 Å². The van der Waals surface area contributed by atoms with Gasteiger partial charge in [0.1, 0.15) is 16.7 Å². The minimum absolute atomic E-state index is 0.0817. The number of hydrogen-bond acceptors (Lipinski definition) is 5. The predicted octanol–water partition coefficient (Wildman–Crippen LogP) is 2.69. The van der Waals surface area contributed by atoms with Crippen LogP contribution in [0.5, 0.6) is 5.75 Å². The Balaban J connectivity index is 2.23. The van der Waals surface area contributed by atoms with E-state index < -0.39 is 16.1 Å². The van der Waals surface area contributed by atoms with Gasteiger partial charge in [0.2, 0.25) is 10.0 Å². The van der Waals surface area contributed by atoms with E-state index in [4.69, 9.17) is 4.74 Å². The van der Waals surface area contributed by atoms with Gasteiger partial charge in [0.25, 0.3) is 0 Å². The van der Waals surface area contributed by atoms with E-state index >= 15 is 0 Å². The largest absolute Gasteiger partial charge is 0.495 e. The number of aryl methyl sites for hydroxylation is 3. The van der Waals surface area contributed by atoms with Gasteiger partial charge in [0.05, 0.1) is 7.11 Å². The summed E-state index contributed by atoms with van der Waals surface area (Å²) in [5, 5.41) is 12.0. The predicted molar refractivity (Wildman–Crippen MR) is 91.7 cm³/mol. The summed E-state index contributed by atoms with van der Waals surface area (Å²) in [5.41, 5.74) is 2.77. The molecule has 0 bridgehead atoms. The molecular formula is C16H21NO4S2. The molecule has 126 valence electrons. The van der Waals surface area contributed by atoms with Gasteiger partial charge in [-0.25, -0.2) is 13.1 Å². The molecule has 2 rings (SSSR count). The third-order valence-electron chi connectivity index (χ3n) is 3.74. The normalized spacial score (nSPS) is 13.1. The minimum Gasteiger partial charge on any atom is -0.495 e. The van der Waals surface area contributed by atoms with E-state index in [1.54, 1.807) is 12.1 Å². The van der Waals surface area contributed by atoms with Gasteiger partial charge in [0.15, 0.2) is 0 Å². The van der Waals surface area contributed by atoms with Crippen LogP contribution in [0.2, 0.25) is 0 Å². The second-order valence-electron chi connectivity index (χ2n) is 5.42. The van der Waals surface area contributed by atoms with Crippen molar-refractivity contribution in [2.45, 2.75) is 31.8 Å². The van der Waals surface area contributed by atoms with E-state index in [2.05, 4.69) is 4.72 Å². The molecule has 0 aliphatic heterocycles. The van der Waals surface area contributed by atoms with Crippen molar-refractivity contribution in [2.75, 3.05) is 13.7 Å². The lowest BCUT2D eigenvalue weighted by molar-refractivity contribution is 0.185. The summed E-state index contributed by atoms with van der Waals surface area (Å²) in [7, 11) is -2.33. The number of ether oxygens (including phenoxy) is 1.